The zero-order valence-corrected chi connectivity index (χ0v) is 29.5. The van der Waals surface area contributed by atoms with Crippen LogP contribution < -0.4 is 4.74 Å². The van der Waals surface area contributed by atoms with E-state index in [-0.39, 0.29) is 42.4 Å². The molecule has 2 aliphatic heterocycles. The van der Waals surface area contributed by atoms with Crippen LogP contribution in [0.5, 0.6) is 5.75 Å². The zero-order chi connectivity index (χ0) is 35.8. The number of carbonyl (C=O) groups is 2. The van der Waals surface area contributed by atoms with Gasteiger partial charge < -0.3 is 24.2 Å². The number of fused-ring (bicyclic) bond motifs is 2. The summed E-state index contributed by atoms with van der Waals surface area (Å²) in [6, 6.07) is 12.9. The van der Waals surface area contributed by atoms with Gasteiger partial charge in [0.15, 0.2) is 0 Å². The molecule has 3 aromatic heterocycles. The monoisotopic (exact) mass is 712 g/mol. The Balaban J connectivity index is 1.43. The number of hydrogen-bond acceptors (Lipinski definition) is 8. The lowest BCUT2D eigenvalue weighted by Crippen LogP contribution is -2.47. The topological polar surface area (TPSA) is 93.0 Å². The Morgan fingerprint density at radius 1 is 1.00 bits per heavy atom. The van der Waals surface area contributed by atoms with Crippen LogP contribution >= 0.6 is 11.3 Å². The molecule has 51 heavy (non-hydrogen) atoms. The maximum atomic E-state index is 16.2. The number of thiophene rings is 1. The van der Waals surface area contributed by atoms with E-state index in [2.05, 4.69) is 11.5 Å². The van der Waals surface area contributed by atoms with Gasteiger partial charge in [0.1, 0.15) is 35.4 Å². The van der Waals surface area contributed by atoms with Crippen LogP contribution in [-0.2, 0) is 16.1 Å². The first-order valence-corrected chi connectivity index (χ1v) is 17.7. The standard InChI is InChI=1S/C38H38F2N6O4S/c1-5-32(47)45-14-15-46-30(23(45)2)22-29(42-46)36-34(33-28(40)20-26(39)21-31(33)50-17-16-49-4)37-27(9-18-51-37)35(41-36)24-7-6-8-25(19-24)38(48)44-12-10-43(3)11-13-44/h5-9,18-23H,1,10-17H2,2-4H3. The van der Waals surface area contributed by atoms with Gasteiger partial charge in [-0.1, -0.05) is 18.7 Å². The normalized spacial score (nSPS) is 16.4. The fourth-order valence-electron chi connectivity index (χ4n) is 6.83. The number of rotatable bonds is 9. The average Bonchev–Trinajstić information content (AvgIpc) is 3.80. The van der Waals surface area contributed by atoms with Crippen LogP contribution in [0, 0.1) is 11.6 Å². The van der Waals surface area contributed by atoms with E-state index in [1.807, 2.05) is 65.3 Å². The van der Waals surface area contributed by atoms with Gasteiger partial charge in [0.2, 0.25) is 5.91 Å². The number of carbonyl (C=O) groups excluding carboxylic acids is 2. The van der Waals surface area contributed by atoms with Crippen LogP contribution in [0.4, 0.5) is 8.78 Å². The highest BCUT2D eigenvalue weighted by Crippen LogP contribution is 2.47. The highest BCUT2D eigenvalue weighted by molar-refractivity contribution is 7.18. The summed E-state index contributed by atoms with van der Waals surface area (Å²) in [6.45, 7) is 9.62. The van der Waals surface area contributed by atoms with Crippen molar-refractivity contribution < 1.29 is 27.8 Å². The Bertz CT molecular complexity index is 2140. The summed E-state index contributed by atoms with van der Waals surface area (Å²) in [5.41, 5.74) is 3.89. The van der Waals surface area contributed by atoms with E-state index >= 15 is 4.39 Å². The van der Waals surface area contributed by atoms with Gasteiger partial charge in [-0.3, -0.25) is 14.3 Å². The zero-order valence-electron chi connectivity index (χ0n) is 28.7. The van der Waals surface area contributed by atoms with Gasteiger partial charge in [0.05, 0.1) is 36.1 Å². The molecule has 0 saturated carbocycles. The maximum Gasteiger partial charge on any atom is 0.253 e. The van der Waals surface area contributed by atoms with E-state index in [0.717, 1.165) is 36.3 Å². The third kappa shape index (κ3) is 6.52. The maximum absolute atomic E-state index is 16.2. The van der Waals surface area contributed by atoms with Gasteiger partial charge in [0.25, 0.3) is 5.91 Å². The van der Waals surface area contributed by atoms with Crippen molar-refractivity contribution in [3.63, 3.8) is 0 Å². The molecular formula is C38H38F2N6O4S. The summed E-state index contributed by atoms with van der Waals surface area (Å²) in [5.74, 6) is -1.82. The smallest absolute Gasteiger partial charge is 0.253 e. The highest BCUT2D eigenvalue weighted by atomic mass is 32.1. The Hall–Kier alpha value is -4.98. The third-order valence-electron chi connectivity index (χ3n) is 9.55. The number of likely N-dealkylation sites (N-methyl/N-ethyl adjacent to an activating group) is 1. The molecule has 2 amide bonds. The SMILES string of the molecule is C=CC(=O)N1CCn2nc(-c3nc(-c4cccc(C(=O)N5CCN(C)CC5)c4)c4ccsc4c3-c3c(F)cc(F)cc3OCCOC)cc2C1C. The van der Waals surface area contributed by atoms with E-state index in [0.29, 0.717) is 64.7 Å². The molecule has 2 aliphatic rings. The highest BCUT2D eigenvalue weighted by Gasteiger charge is 2.32. The molecule has 0 aliphatic carbocycles. The van der Waals surface area contributed by atoms with Gasteiger partial charge in [-0.15, -0.1) is 11.3 Å². The number of halogens is 2. The fourth-order valence-corrected chi connectivity index (χ4v) is 7.78. The van der Waals surface area contributed by atoms with Crippen molar-refractivity contribution in [2.75, 3.05) is 60.1 Å². The minimum atomic E-state index is -0.812. The van der Waals surface area contributed by atoms with Gasteiger partial charge in [-0.2, -0.15) is 5.10 Å². The summed E-state index contributed by atoms with van der Waals surface area (Å²) in [7, 11) is 3.56. The summed E-state index contributed by atoms with van der Waals surface area (Å²) < 4.78 is 44.5. The number of piperazine rings is 1. The molecule has 264 valence electrons. The molecule has 0 radical (unpaired) electrons. The summed E-state index contributed by atoms with van der Waals surface area (Å²) >= 11 is 1.39. The first-order chi connectivity index (χ1) is 24.7. The van der Waals surface area contributed by atoms with Crippen molar-refractivity contribution in [3.05, 3.63) is 89.5 Å². The Kier molecular flexibility index (Phi) is 9.69. The van der Waals surface area contributed by atoms with Gasteiger partial charge in [-0.05, 0) is 49.7 Å². The van der Waals surface area contributed by atoms with E-state index < -0.39 is 11.6 Å². The fraction of sp³-hybridized carbons (Fsp3) is 0.316. The number of pyridine rings is 1. The molecule has 5 heterocycles. The van der Waals surface area contributed by atoms with E-state index in [9.17, 15) is 14.0 Å². The molecule has 0 N–H and O–H groups in total. The molecular weight excluding hydrogens is 675 g/mol. The molecule has 1 fully saturated rings. The van der Waals surface area contributed by atoms with Crippen molar-refractivity contribution in [3.8, 4) is 39.5 Å². The van der Waals surface area contributed by atoms with Crippen LogP contribution in [0.2, 0.25) is 0 Å². The number of methoxy groups -OCH3 is 1. The second-order valence-corrected chi connectivity index (χ2v) is 13.6. The lowest BCUT2D eigenvalue weighted by atomic mass is 9.95. The molecule has 0 bridgehead atoms. The van der Waals surface area contributed by atoms with Crippen molar-refractivity contribution in [2.24, 2.45) is 0 Å². The number of hydrogen-bond donors (Lipinski definition) is 0. The van der Waals surface area contributed by atoms with Crippen LogP contribution in [-0.4, -0.2) is 101 Å². The molecule has 5 aromatic rings. The molecule has 13 heteroatoms. The van der Waals surface area contributed by atoms with Crippen LogP contribution in [0.1, 0.15) is 29.0 Å². The number of ether oxygens (including phenoxy) is 2. The first kappa shape index (κ1) is 34.5. The largest absolute Gasteiger partial charge is 0.490 e. The Morgan fingerprint density at radius 3 is 2.57 bits per heavy atom. The molecule has 0 spiro atoms. The van der Waals surface area contributed by atoms with E-state index in [1.165, 1.54) is 24.5 Å². The molecule has 7 rings (SSSR count). The van der Waals surface area contributed by atoms with Crippen molar-refractivity contribution in [1.82, 2.24) is 29.5 Å². The molecule has 2 aromatic carbocycles. The Labute approximate surface area is 298 Å². The average molecular weight is 713 g/mol. The number of nitrogens with zero attached hydrogens (tertiary/aromatic N) is 6. The Morgan fingerprint density at radius 2 is 1.80 bits per heavy atom. The number of benzene rings is 2. The molecule has 1 atom stereocenters. The van der Waals surface area contributed by atoms with Crippen LogP contribution in [0.25, 0.3) is 43.9 Å². The quantitative estimate of drug-likeness (QED) is 0.131. The van der Waals surface area contributed by atoms with Crippen molar-refractivity contribution in [2.45, 2.75) is 19.5 Å². The van der Waals surface area contributed by atoms with Crippen molar-refractivity contribution in [1.29, 1.82) is 0 Å². The lowest BCUT2D eigenvalue weighted by Gasteiger charge is -2.33. The second kappa shape index (κ2) is 14.3. The molecule has 10 nitrogen and oxygen atoms in total. The first-order valence-electron chi connectivity index (χ1n) is 16.8. The van der Waals surface area contributed by atoms with Gasteiger partial charge in [-0.25, -0.2) is 13.8 Å². The summed E-state index contributed by atoms with van der Waals surface area (Å²) in [5, 5.41) is 7.57. The number of amides is 2. The molecule has 1 unspecified atom stereocenters. The third-order valence-corrected chi connectivity index (χ3v) is 10.5. The summed E-state index contributed by atoms with van der Waals surface area (Å²) in [6.07, 6.45) is 1.30. The van der Waals surface area contributed by atoms with E-state index in [4.69, 9.17) is 19.6 Å². The van der Waals surface area contributed by atoms with Gasteiger partial charge >= 0.3 is 0 Å². The van der Waals surface area contributed by atoms with Crippen LogP contribution in [0.15, 0.2) is 66.6 Å². The summed E-state index contributed by atoms with van der Waals surface area (Å²) in [4.78, 5) is 37.3. The minimum Gasteiger partial charge on any atom is -0.490 e. The lowest BCUT2D eigenvalue weighted by molar-refractivity contribution is -0.129. The second-order valence-electron chi connectivity index (χ2n) is 12.7. The van der Waals surface area contributed by atoms with E-state index in [1.54, 1.807) is 4.90 Å². The van der Waals surface area contributed by atoms with Crippen molar-refractivity contribution >= 4 is 33.2 Å². The molecule has 1 saturated heterocycles. The predicted molar refractivity (Wildman–Crippen MR) is 193 cm³/mol. The van der Waals surface area contributed by atoms with Crippen LogP contribution in [0.3, 0.4) is 0 Å². The predicted octanol–water partition coefficient (Wildman–Crippen LogP) is 6.27. The minimum absolute atomic E-state index is 0.00918. The van der Waals surface area contributed by atoms with Gasteiger partial charge in [0, 0.05) is 78.7 Å². The number of aromatic nitrogens is 3.